The Morgan fingerprint density at radius 2 is 2.07 bits per heavy atom. The molecule has 1 atom stereocenters. The Balaban J connectivity index is 1.54. The zero-order valence-electron chi connectivity index (χ0n) is 17.2. The Morgan fingerprint density at radius 3 is 2.86 bits per heavy atom. The fraction of sp³-hybridized carbons (Fsp3) is 0.435. The van der Waals surface area contributed by atoms with Crippen molar-refractivity contribution >= 4 is 5.91 Å². The maximum atomic E-state index is 13.3. The summed E-state index contributed by atoms with van der Waals surface area (Å²) in [6.07, 6.45) is 7.33. The molecule has 1 saturated heterocycles. The quantitative estimate of drug-likeness (QED) is 0.627. The number of aryl methyl sites for hydroxylation is 2. The highest BCUT2D eigenvalue weighted by Gasteiger charge is 2.33. The van der Waals surface area contributed by atoms with Gasteiger partial charge in [-0.05, 0) is 37.3 Å². The van der Waals surface area contributed by atoms with E-state index in [1.54, 1.807) is 10.9 Å². The molecule has 1 fully saturated rings. The summed E-state index contributed by atoms with van der Waals surface area (Å²) in [7, 11) is 1.84. The minimum Gasteiger partial charge on any atom is -0.443 e. The van der Waals surface area contributed by atoms with Crippen LogP contribution in [0.1, 0.15) is 72.0 Å². The molecule has 6 heteroatoms. The molecule has 2 aromatic heterocycles. The average Bonchev–Trinajstić information content (AvgIpc) is 3.35. The van der Waals surface area contributed by atoms with Crippen molar-refractivity contribution in [3.05, 3.63) is 71.2 Å². The van der Waals surface area contributed by atoms with Crippen LogP contribution in [0.4, 0.5) is 0 Å². The zero-order chi connectivity index (χ0) is 20.2. The Labute approximate surface area is 171 Å². The van der Waals surface area contributed by atoms with Gasteiger partial charge in [0.15, 0.2) is 0 Å². The van der Waals surface area contributed by atoms with Crippen LogP contribution in [0.5, 0.6) is 0 Å². The van der Waals surface area contributed by atoms with Gasteiger partial charge in [-0.15, -0.1) is 0 Å². The van der Waals surface area contributed by atoms with Gasteiger partial charge in [-0.3, -0.25) is 9.48 Å². The molecule has 1 aliphatic heterocycles. The van der Waals surface area contributed by atoms with E-state index in [1.807, 2.05) is 36.2 Å². The average molecular weight is 393 g/mol. The molecule has 0 bridgehead atoms. The second kappa shape index (κ2) is 8.64. The summed E-state index contributed by atoms with van der Waals surface area (Å²) in [5.74, 6) is 1.48. The lowest BCUT2D eigenvalue weighted by atomic mass is 10.0. The molecule has 3 aromatic rings. The molecule has 4 rings (SSSR count). The van der Waals surface area contributed by atoms with Crippen molar-refractivity contribution in [1.82, 2.24) is 19.7 Å². The zero-order valence-corrected chi connectivity index (χ0v) is 17.2. The van der Waals surface area contributed by atoms with E-state index in [2.05, 4.69) is 29.1 Å². The van der Waals surface area contributed by atoms with E-state index in [0.717, 1.165) is 43.6 Å². The van der Waals surface area contributed by atoms with E-state index in [1.165, 1.54) is 5.56 Å². The first-order valence-electron chi connectivity index (χ1n) is 10.5. The van der Waals surface area contributed by atoms with Crippen LogP contribution in [0, 0.1) is 0 Å². The van der Waals surface area contributed by atoms with E-state index < -0.39 is 0 Å². The summed E-state index contributed by atoms with van der Waals surface area (Å²) in [6, 6.07) is 12.0. The number of hydrogen-bond acceptors (Lipinski definition) is 4. The highest BCUT2D eigenvalue weighted by atomic mass is 16.4. The van der Waals surface area contributed by atoms with Crippen LogP contribution in [-0.4, -0.2) is 32.1 Å². The van der Waals surface area contributed by atoms with Crippen molar-refractivity contribution in [2.75, 3.05) is 6.54 Å². The lowest BCUT2D eigenvalue weighted by Crippen LogP contribution is -2.39. The first kappa shape index (κ1) is 19.4. The van der Waals surface area contributed by atoms with Crippen molar-refractivity contribution in [3.8, 4) is 0 Å². The normalized spacial score (nSPS) is 16.9. The van der Waals surface area contributed by atoms with Crippen LogP contribution in [-0.2, 0) is 19.9 Å². The van der Waals surface area contributed by atoms with Crippen LogP contribution in [0.15, 0.2) is 47.0 Å². The number of likely N-dealkylation sites (tertiary alicyclic amines) is 1. The van der Waals surface area contributed by atoms with Crippen molar-refractivity contribution in [3.63, 3.8) is 0 Å². The van der Waals surface area contributed by atoms with Crippen LogP contribution in [0.2, 0.25) is 0 Å². The van der Waals surface area contributed by atoms with Gasteiger partial charge in [0.25, 0.3) is 5.91 Å². The van der Waals surface area contributed by atoms with Gasteiger partial charge in [0.1, 0.15) is 17.5 Å². The number of amides is 1. The van der Waals surface area contributed by atoms with E-state index in [-0.39, 0.29) is 11.9 Å². The molecular weight excluding hydrogens is 364 g/mol. The Bertz CT molecular complexity index is 960. The third-order valence-corrected chi connectivity index (χ3v) is 5.50. The number of benzene rings is 1. The first-order valence-corrected chi connectivity index (χ1v) is 10.5. The summed E-state index contributed by atoms with van der Waals surface area (Å²) in [4.78, 5) is 19.8. The molecule has 0 saturated carbocycles. The van der Waals surface area contributed by atoms with Crippen LogP contribution in [0.3, 0.4) is 0 Å². The van der Waals surface area contributed by atoms with E-state index in [0.29, 0.717) is 24.6 Å². The summed E-state index contributed by atoms with van der Waals surface area (Å²) in [5.41, 5.74) is 2.79. The summed E-state index contributed by atoms with van der Waals surface area (Å²) in [6.45, 7) is 2.83. The third kappa shape index (κ3) is 4.26. The van der Waals surface area contributed by atoms with Gasteiger partial charge >= 0.3 is 0 Å². The number of aromatic nitrogens is 3. The van der Waals surface area contributed by atoms with Crippen LogP contribution < -0.4 is 0 Å². The molecule has 1 amide bonds. The molecule has 1 aliphatic rings. The molecule has 29 heavy (non-hydrogen) atoms. The second-order valence-electron chi connectivity index (χ2n) is 7.73. The van der Waals surface area contributed by atoms with Crippen molar-refractivity contribution in [2.45, 2.75) is 51.5 Å². The standard InChI is InChI=1S/C23H28N4O2/c1-3-9-18-15-21(26(2)25-18)23(28)27-13-8-7-12-20(27)22-24-16-19(29-22)14-17-10-5-4-6-11-17/h4-6,10-11,15-16,20H,3,7-9,12-14H2,1-2H3/t20-/m1/s1. The molecule has 0 aliphatic carbocycles. The van der Waals surface area contributed by atoms with Gasteiger partial charge in [0.2, 0.25) is 5.89 Å². The van der Waals surface area contributed by atoms with E-state index >= 15 is 0 Å². The van der Waals surface area contributed by atoms with Gasteiger partial charge in [0.05, 0.1) is 11.9 Å². The molecule has 0 N–H and O–H groups in total. The van der Waals surface area contributed by atoms with E-state index in [4.69, 9.17) is 4.42 Å². The monoisotopic (exact) mass is 392 g/mol. The first-order chi connectivity index (χ1) is 14.2. The largest absolute Gasteiger partial charge is 0.443 e. The second-order valence-corrected chi connectivity index (χ2v) is 7.73. The van der Waals surface area contributed by atoms with Gasteiger partial charge in [0, 0.05) is 20.0 Å². The van der Waals surface area contributed by atoms with Crippen molar-refractivity contribution < 1.29 is 9.21 Å². The lowest BCUT2D eigenvalue weighted by Gasteiger charge is -2.33. The number of carbonyl (C=O) groups excluding carboxylic acids is 1. The third-order valence-electron chi connectivity index (χ3n) is 5.50. The van der Waals surface area contributed by atoms with Gasteiger partial charge < -0.3 is 9.32 Å². The maximum absolute atomic E-state index is 13.3. The molecular formula is C23H28N4O2. The summed E-state index contributed by atoms with van der Waals surface area (Å²) >= 11 is 0. The van der Waals surface area contributed by atoms with Gasteiger partial charge in [-0.25, -0.2) is 4.98 Å². The van der Waals surface area contributed by atoms with Crippen LogP contribution in [0.25, 0.3) is 0 Å². The Morgan fingerprint density at radius 1 is 1.24 bits per heavy atom. The molecule has 152 valence electrons. The highest BCUT2D eigenvalue weighted by molar-refractivity contribution is 5.93. The minimum atomic E-state index is -0.120. The predicted octanol–water partition coefficient (Wildman–Crippen LogP) is 4.32. The van der Waals surface area contributed by atoms with Crippen molar-refractivity contribution in [2.24, 2.45) is 7.05 Å². The number of hydrogen-bond donors (Lipinski definition) is 0. The van der Waals surface area contributed by atoms with Crippen LogP contribution >= 0.6 is 0 Å². The van der Waals surface area contributed by atoms with E-state index in [9.17, 15) is 4.79 Å². The fourth-order valence-electron chi connectivity index (χ4n) is 4.04. The smallest absolute Gasteiger partial charge is 0.272 e. The topological polar surface area (TPSA) is 64.2 Å². The highest BCUT2D eigenvalue weighted by Crippen LogP contribution is 2.32. The molecule has 0 spiro atoms. The summed E-state index contributed by atoms with van der Waals surface area (Å²) < 4.78 is 7.79. The maximum Gasteiger partial charge on any atom is 0.272 e. The van der Waals surface area contributed by atoms with Gasteiger partial charge in [-0.2, -0.15) is 5.10 Å². The Hall–Kier alpha value is -2.89. The number of nitrogens with zero attached hydrogens (tertiary/aromatic N) is 4. The SMILES string of the molecule is CCCc1cc(C(=O)N2CCCC[C@@H]2c2ncc(Cc3ccccc3)o2)n(C)n1. The predicted molar refractivity (Wildman–Crippen MR) is 111 cm³/mol. The minimum absolute atomic E-state index is 0.00913. The van der Waals surface area contributed by atoms with Crippen molar-refractivity contribution in [1.29, 1.82) is 0 Å². The Kier molecular flexibility index (Phi) is 5.79. The fourth-order valence-corrected chi connectivity index (χ4v) is 4.04. The summed E-state index contributed by atoms with van der Waals surface area (Å²) in [5, 5.41) is 4.50. The molecule has 0 unspecified atom stereocenters. The lowest BCUT2D eigenvalue weighted by molar-refractivity contribution is 0.0558. The molecule has 6 nitrogen and oxygen atoms in total. The number of piperidine rings is 1. The number of oxazole rings is 1. The van der Waals surface area contributed by atoms with Gasteiger partial charge in [-0.1, -0.05) is 43.7 Å². The number of rotatable bonds is 6. The molecule has 1 aromatic carbocycles. The number of carbonyl (C=O) groups is 1. The molecule has 0 radical (unpaired) electrons. The molecule has 3 heterocycles.